The van der Waals surface area contributed by atoms with Gasteiger partial charge in [0.05, 0.1) is 4.53 Å². The Morgan fingerprint density at radius 2 is 1.96 bits per heavy atom. The summed E-state index contributed by atoms with van der Waals surface area (Å²) in [4.78, 5) is 17.8. The molecule has 7 heteroatoms. The minimum absolute atomic E-state index is 0.166. The molecule has 5 nitrogen and oxygen atoms in total. The van der Waals surface area contributed by atoms with Crippen LogP contribution in [0.5, 0.6) is 5.75 Å². The monoisotopic (exact) mass is 437 g/mol. The van der Waals surface area contributed by atoms with E-state index in [2.05, 4.69) is 26.0 Å². The summed E-state index contributed by atoms with van der Waals surface area (Å²) in [6, 6.07) is 15.5. The molecule has 0 unspecified atom stereocenters. The molecule has 27 heavy (non-hydrogen) atoms. The largest absolute Gasteiger partial charge is 0.488 e. The summed E-state index contributed by atoms with van der Waals surface area (Å²) >= 11 is 4.83. The average Bonchev–Trinajstić information content (AvgIpc) is 3.22. The normalized spacial score (nSPS) is 14.1. The lowest BCUT2D eigenvalue weighted by Crippen LogP contribution is -2.24. The predicted octanol–water partition coefficient (Wildman–Crippen LogP) is 3.56. The third-order valence-corrected chi connectivity index (χ3v) is 5.92. The Bertz CT molecular complexity index is 1320. The van der Waals surface area contributed by atoms with Crippen molar-refractivity contribution in [3.8, 4) is 17.1 Å². The van der Waals surface area contributed by atoms with Gasteiger partial charge in [-0.3, -0.25) is 4.79 Å². The molecule has 5 rings (SSSR count). The second kappa shape index (κ2) is 6.44. The van der Waals surface area contributed by atoms with Gasteiger partial charge in [-0.15, -0.1) is 5.10 Å². The molecule has 0 bridgehead atoms. The third-order valence-electron chi connectivity index (χ3n) is 4.27. The van der Waals surface area contributed by atoms with Gasteiger partial charge in [0.2, 0.25) is 4.96 Å². The Morgan fingerprint density at radius 1 is 1.15 bits per heavy atom. The Morgan fingerprint density at radius 3 is 2.81 bits per heavy atom. The standard InChI is InChI=1S/C20H12BrN3O2S/c21-15-7-3-2-6-14(15)18-22-20-24(23-18)19(25)17(27-20)10-12-9-13-5-1-4-8-16(13)26-11-12/h1-10H,11H2. The first-order chi connectivity index (χ1) is 13.2. The molecule has 0 saturated carbocycles. The van der Waals surface area contributed by atoms with Crippen LogP contribution in [0.3, 0.4) is 0 Å². The van der Waals surface area contributed by atoms with E-state index in [0.29, 0.717) is 21.9 Å². The second-order valence-electron chi connectivity index (χ2n) is 6.07. The van der Waals surface area contributed by atoms with Gasteiger partial charge in [-0.2, -0.15) is 9.50 Å². The average molecular weight is 438 g/mol. The van der Waals surface area contributed by atoms with Gasteiger partial charge in [0.15, 0.2) is 5.82 Å². The molecule has 1 aliphatic heterocycles. The molecule has 0 saturated heterocycles. The predicted molar refractivity (Wildman–Crippen MR) is 110 cm³/mol. The van der Waals surface area contributed by atoms with Crippen LogP contribution in [0, 0.1) is 0 Å². The van der Waals surface area contributed by atoms with Gasteiger partial charge in [0, 0.05) is 15.6 Å². The molecule has 1 aliphatic rings. The van der Waals surface area contributed by atoms with Gasteiger partial charge >= 0.3 is 0 Å². The van der Waals surface area contributed by atoms with Crippen LogP contribution >= 0.6 is 27.3 Å². The number of ether oxygens (including phenoxy) is 1. The lowest BCUT2D eigenvalue weighted by Gasteiger charge is -2.15. The molecule has 0 atom stereocenters. The zero-order valence-electron chi connectivity index (χ0n) is 13.9. The van der Waals surface area contributed by atoms with E-state index in [-0.39, 0.29) is 5.56 Å². The molecule has 0 N–H and O–H groups in total. The highest BCUT2D eigenvalue weighted by Crippen LogP contribution is 2.27. The van der Waals surface area contributed by atoms with E-state index in [1.165, 1.54) is 15.9 Å². The summed E-state index contributed by atoms with van der Waals surface area (Å²) in [5.74, 6) is 1.39. The van der Waals surface area contributed by atoms with Gasteiger partial charge in [-0.1, -0.05) is 57.6 Å². The first-order valence-electron chi connectivity index (χ1n) is 8.28. The Hall–Kier alpha value is -2.77. The third kappa shape index (κ3) is 2.89. The van der Waals surface area contributed by atoms with Gasteiger partial charge in [0.25, 0.3) is 5.56 Å². The zero-order valence-corrected chi connectivity index (χ0v) is 16.3. The first-order valence-corrected chi connectivity index (χ1v) is 9.88. The van der Waals surface area contributed by atoms with E-state index < -0.39 is 0 Å². The maximum absolute atomic E-state index is 12.7. The molecule has 2 aromatic heterocycles. The van der Waals surface area contributed by atoms with Crippen molar-refractivity contribution in [2.45, 2.75) is 0 Å². The molecule has 2 aromatic carbocycles. The number of halogens is 1. The summed E-state index contributed by atoms with van der Waals surface area (Å²) in [5.41, 5.74) is 2.65. The molecule has 0 amide bonds. The van der Waals surface area contributed by atoms with Gasteiger partial charge < -0.3 is 4.74 Å². The number of para-hydroxylation sites is 1. The van der Waals surface area contributed by atoms with E-state index in [1.54, 1.807) is 0 Å². The lowest BCUT2D eigenvalue weighted by atomic mass is 10.1. The minimum Gasteiger partial charge on any atom is -0.488 e. The van der Waals surface area contributed by atoms with Gasteiger partial charge in [0.1, 0.15) is 12.4 Å². The molecule has 0 fully saturated rings. The first kappa shape index (κ1) is 16.4. The SMILES string of the molecule is O=c1c(=CC2=Cc3ccccc3OC2)sc2nc(-c3ccccc3Br)nn12. The molecular formula is C20H12BrN3O2S. The van der Waals surface area contributed by atoms with Gasteiger partial charge in [-0.05, 0) is 35.9 Å². The molecule has 4 aromatic rings. The van der Waals surface area contributed by atoms with E-state index in [0.717, 1.165) is 26.9 Å². The van der Waals surface area contributed by atoms with E-state index in [4.69, 9.17) is 4.74 Å². The number of nitrogens with zero attached hydrogens (tertiary/aromatic N) is 3. The van der Waals surface area contributed by atoms with Crippen molar-refractivity contribution in [1.82, 2.24) is 14.6 Å². The number of hydrogen-bond acceptors (Lipinski definition) is 5. The van der Waals surface area contributed by atoms with Crippen LogP contribution in [0.25, 0.3) is 28.5 Å². The Kier molecular flexibility index (Phi) is 3.91. The van der Waals surface area contributed by atoms with Crippen LogP contribution in [0.4, 0.5) is 0 Å². The molecule has 0 aliphatic carbocycles. The molecule has 3 heterocycles. The maximum Gasteiger partial charge on any atom is 0.291 e. The van der Waals surface area contributed by atoms with Crippen LogP contribution < -0.4 is 14.8 Å². The number of aromatic nitrogens is 3. The number of hydrogen-bond donors (Lipinski definition) is 0. The quantitative estimate of drug-likeness (QED) is 0.481. The molecular weight excluding hydrogens is 426 g/mol. The smallest absolute Gasteiger partial charge is 0.291 e. The van der Waals surface area contributed by atoms with Crippen molar-refractivity contribution in [2.24, 2.45) is 0 Å². The van der Waals surface area contributed by atoms with Gasteiger partial charge in [-0.25, -0.2) is 0 Å². The lowest BCUT2D eigenvalue weighted by molar-refractivity contribution is 0.352. The summed E-state index contributed by atoms with van der Waals surface area (Å²) in [6.07, 6.45) is 3.90. The summed E-state index contributed by atoms with van der Waals surface area (Å²) in [5, 5.41) is 4.40. The summed E-state index contributed by atoms with van der Waals surface area (Å²) < 4.78 is 8.61. The van der Waals surface area contributed by atoms with Crippen molar-refractivity contribution in [3.63, 3.8) is 0 Å². The van der Waals surface area contributed by atoms with Crippen LogP contribution in [0.2, 0.25) is 0 Å². The molecule has 0 radical (unpaired) electrons. The Balaban J connectivity index is 1.58. The highest BCUT2D eigenvalue weighted by atomic mass is 79.9. The van der Waals surface area contributed by atoms with Crippen molar-refractivity contribution in [2.75, 3.05) is 6.61 Å². The maximum atomic E-state index is 12.7. The fourth-order valence-electron chi connectivity index (χ4n) is 2.98. The summed E-state index contributed by atoms with van der Waals surface area (Å²) in [6.45, 7) is 0.437. The van der Waals surface area contributed by atoms with E-state index >= 15 is 0 Å². The zero-order chi connectivity index (χ0) is 18.4. The number of rotatable bonds is 2. The topological polar surface area (TPSA) is 56.5 Å². The van der Waals surface area contributed by atoms with E-state index in [9.17, 15) is 4.79 Å². The number of fused-ring (bicyclic) bond motifs is 2. The van der Waals surface area contributed by atoms with Crippen molar-refractivity contribution >= 4 is 44.4 Å². The molecule has 0 spiro atoms. The summed E-state index contributed by atoms with van der Waals surface area (Å²) in [7, 11) is 0. The number of benzene rings is 2. The van der Waals surface area contributed by atoms with Crippen molar-refractivity contribution in [3.05, 3.63) is 79.0 Å². The van der Waals surface area contributed by atoms with Crippen molar-refractivity contribution < 1.29 is 4.74 Å². The van der Waals surface area contributed by atoms with Crippen LogP contribution in [0.1, 0.15) is 5.56 Å². The fraction of sp³-hybridized carbons (Fsp3) is 0.0500. The highest BCUT2D eigenvalue weighted by Gasteiger charge is 2.15. The Labute approximate surface area is 166 Å². The highest BCUT2D eigenvalue weighted by molar-refractivity contribution is 9.10. The second-order valence-corrected chi connectivity index (χ2v) is 7.93. The van der Waals surface area contributed by atoms with Crippen LogP contribution in [0.15, 0.2) is 63.4 Å². The van der Waals surface area contributed by atoms with Crippen molar-refractivity contribution in [1.29, 1.82) is 0 Å². The van der Waals surface area contributed by atoms with E-state index in [1.807, 2.05) is 60.7 Å². The van der Waals surface area contributed by atoms with Crippen LogP contribution in [-0.2, 0) is 0 Å². The molecule has 132 valence electrons. The van der Waals surface area contributed by atoms with Crippen LogP contribution in [-0.4, -0.2) is 21.2 Å². The fourth-order valence-corrected chi connectivity index (χ4v) is 4.36. The number of thiazole rings is 1. The minimum atomic E-state index is -0.166.